The Balaban J connectivity index is 1.13. The van der Waals surface area contributed by atoms with Crippen LogP contribution in [0, 0.1) is 0 Å². The van der Waals surface area contributed by atoms with Crippen molar-refractivity contribution in [3.8, 4) is 16.9 Å². The molecule has 0 bridgehead atoms. The lowest BCUT2D eigenvalue weighted by atomic mass is 9.98. The van der Waals surface area contributed by atoms with Gasteiger partial charge in [0.1, 0.15) is 19.0 Å². The zero-order valence-corrected chi connectivity index (χ0v) is 18.2. The Hall–Kier alpha value is -4.05. The van der Waals surface area contributed by atoms with Crippen molar-refractivity contribution in [3.05, 3.63) is 125 Å². The number of nitrogens with one attached hydrogen (secondary N) is 1. The van der Waals surface area contributed by atoms with E-state index in [1.165, 1.54) is 22.3 Å². The quantitative estimate of drug-likeness (QED) is 0.370. The molecule has 33 heavy (non-hydrogen) atoms. The van der Waals surface area contributed by atoms with Crippen LogP contribution in [0.1, 0.15) is 28.2 Å². The second kappa shape index (κ2) is 9.61. The molecule has 0 aromatic heterocycles. The summed E-state index contributed by atoms with van der Waals surface area (Å²) >= 11 is 0. The molecule has 4 nitrogen and oxygen atoms in total. The van der Waals surface area contributed by atoms with E-state index in [-0.39, 0.29) is 5.92 Å². The van der Waals surface area contributed by atoms with Gasteiger partial charge in [-0.15, -0.1) is 0 Å². The number of rotatable bonds is 7. The number of alkyl carbamates (subject to hydrolysis) is 1. The van der Waals surface area contributed by atoms with E-state index in [2.05, 4.69) is 29.6 Å². The number of hydrogen-bond donors (Lipinski definition) is 1. The maximum Gasteiger partial charge on any atom is 0.407 e. The van der Waals surface area contributed by atoms with E-state index >= 15 is 0 Å². The summed E-state index contributed by atoms with van der Waals surface area (Å²) in [5.74, 6) is 0.855. The van der Waals surface area contributed by atoms with Crippen LogP contribution in [-0.2, 0) is 17.9 Å². The molecule has 0 fully saturated rings. The third kappa shape index (κ3) is 4.75. The second-order valence-electron chi connectivity index (χ2n) is 8.10. The van der Waals surface area contributed by atoms with Crippen LogP contribution in [-0.4, -0.2) is 12.7 Å². The molecule has 0 atom stereocenters. The number of hydrogen-bond acceptors (Lipinski definition) is 3. The van der Waals surface area contributed by atoms with Crippen molar-refractivity contribution in [1.82, 2.24) is 5.32 Å². The molecule has 0 aliphatic heterocycles. The van der Waals surface area contributed by atoms with Crippen LogP contribution < -0.4 is 10.1 Å². The smallest absolute Gasteiger partial charge is 0.407 e. The summed E-state index contributed by atoms with van der Waals surface area (Å²) in [4.78, 5) is 12.4. The number of benzene rings is 4. The van der Waals surface area contributed by atoms with Gasteiger partial charge in [0.15, 0.2) is 0 Å². The number of fused-ring (bicyclic) bond motifs is 3. The van der Waals surface area contributed by atoms with Gasteiger partial charge in [-0.1, -0.05) is 91.0 Å². The Morgan fingerprint density at radius 3 is 1.97 bits per heavy atom. The molecular formula is C29H25NO3. The first-order chi connectivity index (χ1) is 16.3. The Labute approximate surface area is 193 Å². The molecule has 0 saturated carbocycles. The Morgan fingerprint density at radius 2 is 1.30 bits per heavy atom. The first-order valence-corrected chi connectivity index (χ1v) is 11.1. The van der Waals surface area contributed by atoms with E-state index in [1.807, 2.05) is 78.9 Å². The topological polar surface area (TPSA) is 47.6 Å². The van der Waals surface area contributed by atoms with E-state index < -0.39 is 6.09 Å². The molecule has 4 aromatic rings. The Morgan fingerprint density at radius 1 is 0.697 bits per heavy atom. The lowest BCUT2D eigenvalue weighted by Crippen LogP contribution is -2.25. The standard InChI is InChI=1S/C29H25NO3/c31-29(30-18-21-14-16-23(17-15-21)32-19-22-8-2-1-3-9-22)33-20-28-26-12-6-4-10-24(26)25-11-5-7-13-27(25)28/h1-17,28H,18-20H2,(H,30,31). The van der Waals surface area contributed by atoms with Gasteiger partial charge in [-0.2, -0.15) is 0 Å². The third-order valence-electron chi connectivity index (χ3n) is 5.95. The highest BCUT2D eigenvalue weighted by Crippen LogP contribution is 2.44. The van der Waals surface area contributed by atoms with Gasteiger partial charge in [0.05, 0.1) is 0 Å². The average molecular weight is 436 g/mol. The minimum Gasteiger partial charge on any atom is -0.489 e. The van der Waals surface area contributed by atoms with Crippen LogP contribution in [0.5, 0.6) is 5.75 Å². The maximum absolute atomic E-state index is 12.4. The fourth-order valence-corrected chi connectivity index (χ4v) is 4.27. The SMILES string of the molecule is O=C(NCc1ccc(OCc2ccccc2)cc1)OCC1c2ccccc2-c2ccccc21. The lowest BCUT2D eigenvalue weighted by Gasteiger charge is -2.14. The van der Waals surface area contributed by atoms with Crippen molar-refractivity contribution >= 4 is 6.09 Å². The number of carbonyl (C=O) groups is 1. The van der Waals surface area contributed by atoms with E-state index in [0.717, 1.165) is 16.9 Å². The molecule has 0 spiro atoms. The summed E-state index contributed by atoms with van der Waals surface area (Å²) < 4.78 is 11.4. The molecule has 0 saturated heterocycles. The normalized spacial score (nSPS) is 12.0. The zero-order chi connectivity index (χ0) is 22.5. The van der Waals surface area contributed by atoms with Gasteiger partial charge in [-0.3, -0.25) is 0 Å². The molecule has 0 unspecified atom stereocenters. The summed E-state index contributed by atoms with van der Waals surface area (Å²) in [6.45, 7) is 1.24. The van der Waals surface area contributed by atoms with E-state index in [9.17, 15) is 4.79 Å². The van der Waals surface area contributed by atoms with Gasteiger partial charge >= 0.3 is 6.09 Å². The minimum atomic E-state index is -0.415. The van der Waals surface area contributed by atoms with Crippen molar-refractivity contribution in [1.29, 1.82) is 0 Å². The molecule has 1 N–H and O–H groups in total. The van der Waals surface area contributed by atoms with Gasteiger partial charge in [-0.05, 0) is 45.5 Å². The predicted octanol–water partition coefficient (Wildman–Crippen LogP) is 6.30. The zero-order valence-electron chi connectivity index (χ0n) is 18.2. The summed E-state index contributed by atoms with van der Waals surface area (Å²) in [5.41, 5.74) is 6.96. The summed E-state index contributed by atoms with van der Waals surface area (Å²) in [6.07, 6.45) is -0.415. The van der Waals surface area contributed by atoms with Gasteiger partial charge < -0.3 is 14.8 Å². The van der Waals surface area contributed by atoms with E-state index in [4.69, 9.17) is 9.47 Å². The minimum absolute atomic E-state index is 0.0594. The maximum atomic E-state index is 12.4. The highest BCUT2D eigenvalue weighted by Gasteiger charge is 2.28. The number of carbonyl (C=O) groups excluding carboxylic acids is 1. The van der Waals surface area contributed by atoms with Crippen molar-refractivity contribution < 1.29 is 14.3 Å². The predicted molar refractivity (Wildman–Crippen MR) is 129 cm³/mol. The van der Waals surface area contributed by atoms with Gasteiger partial charge in [0, 0.05) is 12.5 Å². The molecule has 0 radical (unpaired) electrons. The molecule has 1 aliphatic rings. The van der Waals surface area contributed by atoms with Gasteiger partial charge in [-0.25, -0.2) is 4.79 Å². The fraction of sp³-hybridized carbons (Fsp3) is 0.138. The Bertz CT molecular complexity index is 1190. The summed E-state index contributed by atoms with van der Waals surface area (Å²) in [5, 5.41) is 2.85. The summed E-state index contributed by atoms with van der Waals surface area (Å²) in [6, 6.07) is 34.4. The first kappa shape index (κ1) is 20.8. The monoisotopic (exact) mass is 435 g/mol. The van der Waals surface area contributed by atoms with Crippen molar-refractivity contribution in [2.24, 2.45) is 0 Å². The van der Waals surface area contributed by atoms with E-state index in [0.29, 0.717) is 19.8 Å². The van der Waals surface area contributed by atoms with Crippen LogP contribution in [0.15, 0.2) is 103 Å². The van der Waals surface area contributed by atoms with E-state index in [1.54, 1.807) is 0 Å². The third-order valence-corrected chi connectivity index (χ3v) is 5.95. The van der Waals surface area contributed by atoms with Crippen LogP contribution in [0.2, 0.25) is 0 Å². The second-order valence-corrected chi connectivity index (χ2v) is 8.10. The van der Waals surface area contributed by atoms with Gasteiger partial charge in [0.25, 0.3) is 0 Å². The first-order valence-electron chi connectivity index (χ1n) is 11.1. The number of ether oxygens (including phenoxy) is 2. The molecule has 0 heterocycles. The molecule has 5 rings (SSSR count). The molecule has 1 aliphatic carbocycles. The number of amides is 1. The van der Waals surface area contributed by atoms with Crippen LogP contribution in [0.4, 0.5) is 4.79 Å². The highest BCUT2D eigenvalue weighted by atomic mass is 16.5. The molecular weight excluding hydrogens is 410 g/mol. The van der Waals surface area contributed by atoms with Crippen LogP contribution >= 0.6 is 0 Å². The largest absolute Gasteiger partial charge is 0.489 e. The van der Waals surface area contributed by atoms with Crippen molar-refractivity contribution in [2.45, 2.75) is 19.1 Å². The molecule has 164 valence electrons. The lowest BCUT2D eigenvalue weighted by molar-refractivity contribution is 0.142. The summed E-state index contributed by atoms with van der Waals surface area (Å²) in [7, 11) is 0. The van der Waals surface area contributed by atoms with Crippen LogP contribution in [0.3, 0.4) is 0 Å². The molecule has 4 heteroatoms. The van der Waals surface area contributed by atoms with Gasteiger partial charge in [0.2, 0.25) is 0 Å². The molecule has 4 aromatic carbocycles. The average Bonchev–Trinajstić information content (AvgIpc) is 3.20. The van der Waals surface area contributed by atoms with Crippen molar-refractivity contribution in [2.75, 3.05) is 6.61 Å². The Kier molecular flexibility index (Phi) is 6.07. The van der Waals surface area contributed by atoms with Crippen LogP contribution in [0.25, 0.3) is 11.1 Å². The molecule has 1 amide bonds. The van der Waals surface area contributed by atoms with Crippen molar-refractivity contribution in [3.63, 3.8) is 0 Å². The highest BCUT2D eigenvalue weighted by molar-refractivity contribution is 5.79. The fourth-order valence-electron chi connectivity index (χ4n) is 4.27.